The Labute approximate surface area is 171 Å². The molecule has 2 N–H and O–H groups in total. The summed E-state index contributed by atoms with van der Waals surface area (Å²) in [7, 11) is 0. The molecule has 0 spiro atoms. The largest absolute Gasteiger partial charge is 0.349 e. The number of pyridine rings is 1. The Kier molecular flexibility index (Phi) is 8.76. The second-order valence-electron chi connectivity index (χ2n) is 6.72. The van der Waals surface area contributed by atoms with Gasteiger partial charge in [-0.25, -0.2) is 0 Å². The molecule has 29 heavy (non-hydrogen) atoms. The van der Waals surface area contributed by atoms with Gasteiger partial charge in [-0.2, -0.15) is 0 Å². The molecule has 0 aliphatic rings. The SMILES string of the molecule is CCCC[C@H](NC(=O)c1ccccc1C=Cc1ccccn1)C(=O)CNC(C)=O. The lowest BCUT2D eigenvalue weighted by atomic mass is 10.0. The van der Waals surface area contributed by atoms with Gasteiger partial charge < -0.3 is 10.6 Å². The number of Topliss-reactive ketones (excluding diaryl/α,β-unsaturated/α-hetero) is 1. The van der Waals surface area contributed by atoms with Gasteiger partial charge >= 0.3 is 0 Å². The Balaban J connectivity index is 2.15. The van der Waals surface area contributed by atoms with Crippen molar-refractivity contribution in [1.82, 2.24) is 15.6 Å². The molecule has 0 unspecified atom stereocenters. The maximum Gasteiger partial charge on any atom is 0.252 e. The fourth-order valence-corrected chi connectivity index (χ4v) is 2.79. The number of hydrogen-bond acceptors (Lipinski definition) is 4. The second-order valence-corrected chi connectivity index (χ2v) is 6.72. The van der Waals surface area contributed by atoms with Crippen LogP contribution < -0.4 is 10.6 Å². The summed E-state index contributed by atoms with van der Waals surface area (Å²) in [6.07, 6.45) is 7.62. The molecule has 6 nitrogen and oxygen atoms in total. The van der Waals surface area contributed by atoms with Crippen LogP contribution in [0.2, 0.25) is 0 Å². The first kappa shape index (κ1) is 22.0. The van der Waals surface area contributed by atoms with E-state index in [0.29, 0.717) is 12.0 Å². The number of amides is 2. The molecule has 2 amide bonds. The predicted molar refractivity (Wildman–Crippen MR) is 114 cm³/mol. The van der Waals surface area contributed by atoms with Gasteiger partial charge in [0.1, 0.15) is 0 Å². The third kappa shape index (κ3) is 7.33. The minimum atomic E-state index is -0.637. The normalized spacial score (nSPS) is 11.8. The Morgan fingerprint density at radius 3 is 2.52 bits per heavy atom. The van der Waals surface area contributed by atoms with Crippen molar-refractivity contribution in [3.05, 3.63) is 65.5 Å². The fourth-order valence-electron chi connectivity index (χ4n) is 2.79. The van der Waals surface area contributed by atoms with E-state index < -0.39 is 6.04 Å². The average Bonchev–Trinajstić information content (AvgIpc) is 2.74. The Hall–Kier alpha value is -3.28. The maximum atomic E-state index is 12.9. The lowest BCUT2D eigenvalue weighted by Gasteiger charge is -2.18. The van der Waals surface area contributed by atoms with Crippen LogP contribution in [0, 0.1) is 0 Å². The molecule has 1 aromatic heterocycles. The number of carbonyl (C=O) groups excluding carboxylic acids is 3. The number of aromatic nitrogens is 1. The summed E-state index contributed by atoms with van der Waals surface area (Å²) < 4.78 is 0. The minimum absolute atomic E-state index is 0.0920. The molecule has 152 valence electrons. The molecule has 0 bridgehead atoms. The van der Waals surface area contributed by atoms with Crippen molar-refractivity contribution in [1.29, 1.82) is 0 Å². The van der Waals surface area contributed by atoms with Crippen LogP contribution >= 0.6 is 0 Å². The first-order valence-corrected chi connectivity index (χ1v) is 9.77. The highest BCUT2D eigenvalue weighted by Gasteiger charge is 2.21. The van der Waals surface area contributed by atoms with E-state index in [1.807, 2.05) is 49.4 Å². The van der Waals surface area contributed by atoms with Gasteiger partial charge in [-0.3, -0.25) is 19.4 Å². The first-order valence-electron chi connectivity index (χ1n) is 9.77. The molecule has 0 radical (unpaired) electrons. The molecule has 0 fully saturated rings. The van der Waals surface area contributed by atoms with E-state index in [-0.39, 0.29) is 24.1 Å². The monoisotopic (exact) mass is 393 g/mol. The number of hydrogen-bond donors (Lipinski definition) is 2. The molecule has 6 heteroatoms. The van der Waals surface area contributed by atoms with Crippen molar-refractivity contribution in [3.8, 4) is 0 Å². The molecule has 2 rings (SSSR count). The van der Waals surface area contributed by atoms with Crippen LogP contribution in [-0.4, -0.2) is 35.2 Å². The molecular weight excluding hydrogens is 366 g/mol. The van der Waals surface area contributed by atoms with Crippen molar-refractivity contribution in [2.75, 3.05) is 6.54 Å². The van der Waals surface area contributed by atoms with E-state index in [4.69, 9.17) is 0 Å². The molecular formula is C23H27N3O3. The quantitative estimate of drug-likeness (QED) is 0.649. The molecule has 0 saturated carbocycles. The van der Waals surface area contributed by atoms with Crippen LogP contribution in [0.4, 0.5) is 0 Å². The van der Waals surface area contributed by atoms with Crippen molar-refractivity contribution in [3.63, 3.8) is 0 Å². The van der Waals surface area contributed by atoms with Crippen molar-refractivity contribution in [2.24, 2.45) is 0 Å². The first-order chi connectivity index (χ1) is 14.0. The second kappa shape index (κ2) is 11.5. The molecule has 1 heterocycles. The van der Waals surface area contributed by atoms with Gasteiger partial charge in [0.15, 0.2) is 5.78 Å². The van der Waals surface area contributed by atoms with Crippen LogP contribution in [-0.2, 0) is 9.59 Å². The van der Waals surface area contributed by atoms with Gasteiger partial charge in [0.2, 0.25) is 5.91 Å². The third-order valence-corrected chi connectivity index (χ3v) is 4.38. The minimum Gasteiger partial charge on any atom is -0.349 e. The molecule has 2 aromatic rings. The molecule has 1 aromatic carbocycles. The highest BCUT2D eigenvalue weighted by atomic mass is 16.2. The standard InChI is InChI=1S/C23H27N3O3/c1-3-4-12-21(22(28)16-25-17(2)27)26-23(29)20-11-6-5-9-18(20)13-14-19-10-7-8-15-24-19/h5-11,13-15,21H,3-4,12,16H2,1-2H3,(H,25,27)(H,26,29)/t21-/m0/s1. The summed E-state index contributed by atoms with van der Waals surface area (Å²) in [6, 6.07) is 12.2. The highest BCUT2D eigenvalue weighted by Crippen LogP contribution is 2.14. The molecule has 1 atom stereocenters. The number of ketones is 1. The summed E-state index contributed by atoms with van der Waals surface area (Å²) in [4.78, 5) is 40.7. The average molecular weight is 393 g/mol. The third-order valence-electron chi connectivity index (χ3n) is 4.38. The van der Waals surface area contributed by atoms with Gasteiger partial charge in [-0.15, -0.1) is 0 Å². The van der Waals surface area contributed by atoms with E-state index in [1.165, 1.54) is 6.92 Å². The van der Waals surface area contributed by atoms with Gasteiger partial charge in [0.25, 0.3) is 5.91 Å². The zero-order valence-electron chi connectivity index (χ0n) is 16.9. The number of benzene rings is 1. The summed E-state index contributed by atoms with van der Waals surface area (Å²) >= 11 is 0. The number of nitrogens with zero attached hydrogens (tertiary/aromatic N) is 1. The lowest BCUT2D eigenvalue weighted by Crippen LogP contribution is -2.45. The number of nitrogens with one attached hydrogen (secondary N) is 2. The zero-order chi connectivity index (χ0) is 21.1. The van der Waals surface area contributed by atoms with Crippen LogP contribution in [0.3, 0.4) is 0 Å². The van der Waals surface area contributed by atoms with Crippen LogP contribution in [0.1, 0.15) is 54.7 Å². The van der Waals surface area contributed by atoms with E-state index in [1.54, 1.807) is 18.3 Å². The van der Waals surface area contributed by atoms with Gasteiger partial charge in [-0.05, 0) is 36.3 Å². The van der Waals surface area contributed by atoms with Crippen LogP contribution in [0.15, 0.2) is 48.7 Å². The zero-order valence-corrected chi connectivity index (χ0v) is 16.9. The van der Waals surface area contributed by atoms with Crippen LogP contribution in [0.5, 0.6) is 0 Å². The Morgan fingerprint density at radius 1 is 1.07 bits per heavy atom. The van der Waals surface area contributed by atoms with Crippen molar-refractivity contribution >= 4 is 29.7 Å². The summed E-state index contributed by atoms with van der Waals surface area (Å²) in [6.45, 7) is 3.29. The highest BCUT2D eigenvalue weighted by molar-refractivity contribution is 6.01. The molecule has 0 saturated heterocycles. The summed E-state index contributed by atoms with van der Waals surface area (Å²) in [5.41, 5.74) is 2.00. The van der Waals surface area contributed by atoms with Crippen molar-refractivity contribution < 1.29 is 14.4 Å². The van der Waals surface area contributed by atoms with Gasteiger partial charge in [0.05, 0.1) is 18.3 Å². The smallest absolute Gasteiger partial charge is 0.252 e. The molecule has 0 aliphatic carbocycles. The lowest BCUT2D eigenvalue weighted by molar-refractivity contribution is -0.124. The maximum absolute atomic E-state index is 12.9. The van der Waals surface area contributed by atoms with E-state index in [0.717, 1.165) is 24.1 Å². The summed E-state index contributed by atoms with van der Waals surface area (Å²) in [5, 5.41) is 5.35. The van der Waals surface area contributed by atoms with E-state index >= 15 is 0 Å². The Morgan fingerprint density at radius 2 is 1.83 bits per heavy atom. The topological polar surface area (TPSA) is 88.2 Å². The van der Waals surface area contributed by atoms with Gasteiger partial charge in [-0.1, -0.05) is 50.1 Å². The number of carbonyl (C=O) groups is 3. The number of unbranched alkanes of at least 4 members (excludes halogenated alkanes) is 1. The van der Waals surface area contributed by atoms with Crippen molar-refractivity contribution in [2.45, 2.75) is 39.2 Å². The number of rotatable bonds is 10. The van der Waals surface area contributed by atoms with E-state index in [9.17, 15) is 14.4 Å². The predicted octanol–water partition coefficient (Wildman–Crippen LogP) is 3.25. The van der Waals surface area contributed by atoms with Gasteiger partial charge in [0, 0.05) is 18.7 Å². The Bertz CT molecular complexity index is 863. The van der Waals surface area contributed by atoms with E-state index in [2.05, 4.69) is 15.6 Å². The van der Waals surface area contributed by atoms with Crippen LogP contribution in [0.25, 0.3) is 12.2 Å². The summed E-state index contributed by atoms with van der Waals surface area (Å²) in [5.74, 6) is -0.795. The molecule has 0 aliphatic heterocycles. The fraction of sp³-hybridized carbons (Fsp3) is 0.304.